The van der Waals surface area contributed by atoms with E-state index in [1.807, 2.05) is 0 Å². The zero-order valence-electron chi connectivity index (χ0n) is 13.3. The summed E-state index contributed by atoms with van der Waals surface area (Å²) in [5.74, 6) is -0.402. The number of nitrogens with zero attached hydrogens (tertiary/aromatic N) is 2. The van der Waals surface area contributed by atoms with Gasteiger partial charge in [-0.15, -0.1) is 11.3 Å². The second-order valence-corrected chi connectivity index (χ2v) is 6.99. The van der Waals surface area contributed by atoms with Crippen molar-refractivity contribution < 1.29 is 9.72 Å². The van der Waals surface area contributed by atoms with E-state index in [1.54, 1.807) is 23.5 Å². The van der Waals surface area contributed by atoms with Crippen LogP contribution in [-0.2, 0) is 19.3 Å². The van der Waals surface area contributed by atoms with Crippen LogP contribution in [0.4, 0.5) is 5.69 Å². The van der Waals surface area contributed by atoms with Gasteiger partial charge in [-0.2, -0.15) is 0 Å². The second kappa shape index (κ2) is 7.53. The molecule has 1 aromatic carbocycles. The number of carbonyl (C=O) groups excluding carboxylic acids is 1. The van der Waals surface area contributed by atoms with E-state index in [2.05, 4.69) is 10.3 Å². The highest BCUT2D eigenvalue weighted by molar-refractivity contribution is 7.11. The molecule has 0 spiro atoms. The molecule has 0 saturated heterocycles. The van der Waals surface area contributed by atoms with Gasteiger partial charge in [-0.25, -0.2) is 4.98 Å². The minimum absolute atomic E-state index is 0.104. The van der Waals surface area contributed by atoms with E-state index in [9.17, 15) is 14.9 Å². The number of aromatic nitrogens is 1. The Balaban J connectivity index is 1.51. The van der Waals surface area contributed by atoms with E-state index in [0.29, 0.717) is 6.54 Å². The van der Waals surface area contributed by atoms with Crippen LogP contribution in [0.2, 0.25) is 0 Å². The van der Waals surface area contributed by atoms with Crippen molar-refractivity contribution >= 4 is 22.9 Å². The average molecular weight is 345 g/mol. The summed E-state index contributed by atoms with van der Waals surface area (Å²) in [6.07, 6.45) is 6.30. The number of benzene rings is 1. The molecule has 1 N–H and O–H groups in total. The molecule has 0 unspecified atom stereocenters. The number of hydrogen-bond donors (Lipinski definition) is 1. The lowest BCUT2D eigenvalue weighted by molar-refractivity contribution is -0.385. The summed E-state index contributed by atoms with van der Waals surface area (Å²) in [4.78, 5) is 28.6. The topological polar surface area (TPSA) is 85.1 Å². The zero-order valence-corrected chi connectivity index (χ0v) is 14.1. The molecule has 1 aliphatic carbocycles. The Hall–Kier alpha value is -2.28. The van der Waals surface area contributed by atoms with Gasteiger partial charge in [0.05, 0.1) is 15.6 Å². The van der Waals surface area contributed by atoms with Gasteiger partial charge in [0.1, 0.15) is 5.56 Å². The molecule has 0 bridgehead atoms. The van der Waals surface area contributed by atoms with E-state index in [-0.39, 0.29) is 11.3 Å². The number of rotatable bonds is 6. The molecule has 7 heteroatoms. The number of nitro benzene ring substituents is 1. The quantitative estimate of drug-likeness (QED) is 0.494. The number of aryl methyl sites for hydroxylation is 3. The molecular formula is C17H19N3O3S. The SMILES string of the molecule is O=C(NCCCc1nc2c(s1)CCCC2)c1ccccc1[N+](=O)[O-]. The van der Waals surface area contributed by atoms with E-state index in [1.165, 1.54) is 35.5 Å². The zero-order chi connectivity index (χ0) is 16.9. The molecule has 126 valence electrons. The van der Waals surface area contributed by atoms with Crippen LogP contribution in [0.5, 0.6) is 0 Å². The predicted molar refractivity (Wildman–Crippen MR) is 92.5 cm³/mol. The number of para-hydroxylation sites is 1. The summed E-state index contributed by atoms with van der Waals surface area (Å²) in [6, 6.07) is 6.00. The standard InChI is InChI=1S/C17H19N3O3S/c21-17(12-6-1-3-8-14(12)20(22)23)18-11-5-10-16-19-13-7-2-4-9-15(13)24-16/h1,3,6,8H,2,4-5,7,9-11H2,(H,18,21). The average Bonchev–Trinajstić information content (AvgIpc) is 3.01. The first-order valence-corrected chi connectivity index (χ1v) is 8.96. The fraction of sp³-hybridized carbons (Fsp3) is 0.412. The first-order chi connectivity index (χ1) is 11.6. The van der Waals surface area contributed by atoms with Gasteiger partial charge in [-0.1, -0.05) is 12.1 Å². The second-order valence-electron chi connectivity index (χ2n) is 5.82. The maximum absolute atomic E-state index is 12.1. The minimum Gasteiger partial charge on any atom is -0.352 e. The maximum atomic E-state index is 12.1. The molecule has 0 aliphatic heterocycles. The number of amides is 1. The third kappa shape index (κ3) is 3.79. The summed E-state index contributed by atoms with van der Waals surface area (Å²) >= 11 is 1.78. The molecule has 1 aliphatic rings. The van der Waals surface area contributed by atoms with E-state index < -0.39 is 10.8 Å². The molecule has 3 rings (SSSR count). The van der Waals surface area contributed by atoms with Gasteiger partial charge in [0.15, 0.2) is 0 Å². The van der Waals surface area contributed by atoms with Crippen molar-refractivity contribution in [2.75, 3.05) is 6.54 Å². The first-order valence-electron chi connectivity index (χ1n) is 8.14. The highest BCUT2D eigenvalue weighted by atomic mass is 32.1. The molecule has 1 amide bonds. The van der Waals surface area contributed by atoms with E-state index >= 15 is 0 Å². The lowest BCUT2D eigenvalue weighted by Gasteiger charge is -2.06. The van der Waals surface area contributed by atoms with Crippen molar-refractivity contribution in [3.05, 3.63) is 55.5 Å². The third-order valence-corrected chi connectivity index (χ3v) is 5.31. The van der Waals surface area contributed by atoms with E-state index in [4.69, 9.17) is 0 Å². The van der Waals surface area contributed by atoms with Crippen molar-refractivity contribution in [3.63, 3.8) is 0 Å². The molecule has 1 aromatic heterocycles. The van der Waals surface area contributed by atoms with E-state index in [0.717, 1.165) is 30.7 Å². The molecule has 0 atom stereocenters. The summed E-state index contributed by atoms with van der Waals surface area (Å²) in [7, 11) is 0. The maximum Gasteiger partial charge on any atom is 0.282 e. The molecule has 0 radical (unpaired) electrons. The summed E-state index contributed by atoms with van der Waals surface area (Å²) < 4.78 is 0. The molecule has 0 fully saturated rings. The van der Waals surface area contributed by atoms with Crippen LogP contribution in [-0.4, -0.2) is 22.4 Å². The lowest BCUT2D eigenvalue weighted by atomic mass is 10.0. The van der Waals surface area contributed by atoms with Crippen LogP contribution >= 0.6 is 11.3 Å². The molecule has 1 heterocycles. The smallest absolute Gasteiger partial charge is 0.282 e. The van der Waals surface area contributed by atoms with Crippen LogP contribution < -0.4 is 5.32 Å². The Labute approximate surface area is 144 Å². The largest absolute Gasteiger partial charge is 0.352 e. The fourth-order valence-corrected chi connectivity index (χ4v) is 4.07. The van der Waals surface area contributed by atoms with Gasteiger partial charge >= 0.3 is 0 Å². The van der Waals surface area contributed by atoms with Crippen LogP contribution in [0.3, 0.4) is 0 Å². The van der Waals surface area contributed by atoms with Crippen molar-refractivity contribution in [3.8, 4) is 0 Å². The number of nitrogens with one attached hydrogen (secondary N) is 1. The fourth-order valence-electron chi connectivity index (χ4n) is 2.87. The summed E-state index contributed by atoms with van der Waals surface area (Å²) in [5, 5.41) is 14.8. The normalized spacial score (nSPS) is 13.3. The summed E-state index contributed by atoms with van der Waals surface area (Å²) in [5.41, 5.74) is 1.19. The Morgan fingerprint density at radius 1 is 1.29 bits per heavy atom. The van der Waals surface area contributed by atoms with Gasteiger partial charge in [0.2, 0.25) is 0 Å². The van der Waals surface area contributed by atoms with Gasteiger partial charge < -0.3 is 5.32 Å². The number of hydrogen-bond acceptors (Lipinski definition) is 5. The molecule has 0 saturated carbocycles. The highest BCUT2D eigenvalue weighted by Crippen LogP contribution is 2.27. The number of fused-ring (bicyclic) bond motifs is 1. The first kappa shape index (κ1) is 16.6. The Morgan fingerprint density at radius 3 is 2.88 bits per heavy atom. The number of thiazole rings is 1. The van der Waals surface area contributed by atoms with Gasteiger partial charge in [-0.3, -0.25) is 14.9 Å². The van der Waals surface area contributed by atoms with Gasteiger partial charge in [0.25, 0.3) is 11.6 Å². The number of nitro groups is 1. The van der Waals surface area contributed by atoms with Crippen LogP contribution in [0.15, 0.2) is 24.3 Å². The Kier molecular flexibility index (Phi) is 5.20. The minimum atomic E-state index is -0.533. The molecule has 6 nitrogen and oxygen atoms in total. The van der Waals surface area contributed by atoms with Crippen LogP contribution in [0.25, 0.3) is 0 Å². The lowest BCUT2D eigenvalue weighted by Crippen LogP contribution is -2.25. The van der Waals surface area contributed by atoms with Gasteiger partial charge in [-0.05, 0) is 38.2 Å². The Morgan fingerprint density at radius 2 is 2.08 bits per heavy atom. The summed E-state index contributed by atoms with van der Waals surface area (Å²) in [6.45, 7) is 0.481. The molecule has 2 aromatic rings. The van der Waals surface area contributed by atoms with Gasteiger partial charge in [0, 0.05) is 23.9 Å². The van der Waals surface area contributed by atoms with Crippen LogP contribution in [0.1, 0.15) is 45.2 Å². The van der Waals surface area contributed by atoms with Crippen molar-refractivity contribution in [1.29, 1.82) is 0 Å². The highest BCUT2D eigenvalue weighted by Gasteiger charge is 2.19. The third-order valence-electron chi connectivity index (χ3n) is 4.09. The predicted octanol–water partition coefficient (Wildman–Crippen LogP) is 3.29. The number of carbonyl (C=O) groups is 1. The van der Waals surface area contributed by atoms with Crippen molar-refractivity contribution in [2.45, 2.75) is 38.5 Å². The van der Waals surface area contributed by atoms with Crippen molar-refractivity contribution in [2.24, 2.45) is 0 Å². The van der Waals surface area contributed by atoms with Crippen molar-refractivity contribution in [1.82, 2.24) is 10.3 Å². The molecular weight excluding hydrogens is 326 g/mol. The van der Waals surface area contributed by atoms with Crippen LogP contribution in [0, 0.1) is 10.1 Å². The molecule has 24 heavy (non-hydrogen) atoms. The monoisotopic (exact) mass is 345 g/mol. The Bertz CT molecular complexity index is 734.